The maximum Gasteiger partial charge on any atom is 0.164 e. The number of hydrogen-bond acceptors (Lipinski definition) is 7. The van der Waals surface area contributed by atoms with Gasteiger partial charge in [-0.1, -0.05) is 18.2 Å². The van der Waals surface area contributed by atoms with Crippen molar-refractivity contribution in [2.75, 3.05) is 31.9 Å². The predicted molar refractivity (Wildman–Crippen MR) is 135 cm³/mol. The Hall–Kier alpha value is -3.49. The van der Waals surface area contributed by atoms with Gasteiger partial charge in [-0.05, 0) is 61.1 Å². The van der Waals surface area contributed by atoms with Crippen LogP contribution in [-0.4, -0.2) is 56.9 Å². The molecule has 35 heavy (non-hydrogen) atoms. The molecule has 178 valence electrons. The molecule has 1 saturated carbocycles. The van der Waals surface area contributed by atoms with Crippen LogP contribution in [0.2, 0.25) is 0 Å². The SMILES string of the molecule is Nc1ncnc2c1c(-c1ccc(Oc3ccccc3)cc1)nn2[C@H]1C[C@@H]2CN(C3CNC3)C[C@@H]2C1. The number of anilines is 1. The van der Waals surface area contributed by atoms with Crippen molar-refractivity contribution < 1.29 is 4.74 Å². The molecular weight excluding hydrogens is 438 g/mol. The van der Waals surface area contributed by atoms with Crippen molar-refractivity contribution in [2.45, 2.75) is 24.9 Å². The van der Waals surface area contributed by atoms with Gasteiger partial charge in [0.2, 0.25) is 0 Å². The van der Waals surface area contributed by atoms with Crippen molar-refractivity contribution in [2.24, 2.45) is 11.8 Å². The normalized spacial score (nSPS) is 24.5. The number of rotatable bonds is 5. The van der Waals surface area contributed by atoms with Crippen LogP contribution in [0.3, 0.4) is 0 Å². The summed E-state index contributed by atoms with van der Waals surface area (Å²) < 4.78 is 8.09. The van der Waals surface area contributed by atoms with Crippen LogP contribution >= 0.6 is 0 Å². The number of likely N-dealkylation sites (tertiary alicyclic amines) is 1. The molecule has 3 atom stereocenters. The van der Waals surface area contributed by atoms with Gasteiger partial charge in [-0.25, -0.2) is 14.6 Å². The van der Waals surface area contributed by atoms with Crippen molar-refractivity contribution in [1.29, 1.82) is 0 Å². The second-order valence-electron chi connectivity index (χ2n) is 10.1. The Kier molecular flexibility index (Phi) is 4.96. The lowest BCUT2D eigenvalue weighted by atomic mass is 10.0. The van der Waals surface area contributed by atoms with Gasteiger partial charge in [-0.15, -0.1) is 0 Å². The van der Waals surface area contributed by atoms with Gasteiger partial charge >= 0.3 is 0 Å². The van der Waals surface area contributed by atoms with Crippen LogP contribution in [0.15, 0.2) is 60.9 Å². The van der Waals surface area contributed by atoms with Crippen molar-refractivity contribution >= 4 is 16.9 Å². The Labute approximate surface area is 204 Å². The predicted octanol–water partition coefficient (Wildman–Crippen LogP) is 3.72. The van der Waals surface area contributed by atoms with E-state index in [1.807, 2.05) is 54.6 Å². The smallest absolute Gasteiger partial charge is 0.164 e. The summed E-state index contributed by atoms with van der Waals surface area (Å²) >= 11 is 0. The largest absolute Gasteiger partial charge is 0.457 e. The molecule has 3 aliphatic rings. The molecule has 2 aromatic carbocycles. The van der Waals surface area contributed by atoms with Crippen LogP contribution in [0.25, 0.3) is 22.3 Å². The van der Waals surface area contributed by atoms with Gasteiger partial charge in [0, 0.05) is 37.8 Å². The first-order chi connectivity index (χ1) is 17.2. The number of aromatic nitrogens is 4. The third-order valence-electron chi connectivity index (χ3n) is 8.00. The molecule has 8 heteroatoms. The van der Waals surface area contributed by atoms with E-state index in [2.05, 4.69) is 24.9 Å². The van der Waals surface area contributed by atoms with Crippen LogP contribution in [0.4, 0.5) is 5.82 Å². The Morgan fingerprint density at radius 1 is 0.857 bits per heavy atom. The van der Waals surface area contributed by atoms with Crippen LogP contribution < -0.4 is 15.8 Å². The van der Waals surface area contributed by atoms with Crippen molar-refractivity contribution in [3.8, 4) is 22.8 Å². The standard InChI is InChI=1S/C27H29N7O/c28-26-24-25(17-6-8-23(9-7-17)35-22-4-2-1-3-5-22)32-34(27(24)31-16-30-26)20-10-18-14-33(15-19(18)11-20)21-12-29-13-21/h1-9,16,18-21,29H,10-15H2,(H2,28,30,31)/t18-,19+,20+. The van der Waals surface area contributed by atoms with Gasteiger partial charge in [0.05, 0.1) is 11.4 Å². The highest BCUT2D eigenvalue weighted by Crippen LogP contribution is 2.46. The fourth-order valence-corrected chi connectivity index (χ4v) is 6.09. The Bertz CT molecular complexity index is 1340. The zero-order chi connectivity index (χ0) is 23.4. The average Bonchev–Trinajstić information content (AvgIpc) is 3.51. The molecule has 0 amide bonds. The van der Waals surface area contributed by atoms with Gasteiger partial charge in [0.15, 0.2) is 5.65 Å². The van der Waals surface area contributed by atoms with E-state index in [0.29, 0.717) is 11.9 Å². The van der Waals surface area contributed by atoms with Gasteiger partial charge < -0.3 is 15.8 Å². The highest BCUT2D eigenvalue weighted by atomic mass is 16.5. The molecule has 1 aliphatic carbocycles. The third-order valence-corrected chi connectivity index (χ3v) is 8.00. The van der Waals surface area contributed by atoms with Gasteiger partial charge in [-0.2, -0.15) is 5.10 Å². The summed E-state index contributed by atoms with van der Waals surface area (Å²) in [6, 6.07) is 18.9. The molecule has 4 aromatic rings. The quantitative estimate of drug-likeness (QED) is 0.462. The van der Waals surface area contributed by atoms with E-state index < -0.39 is 0 Å². The summed E-state index contributed by atoms with van der Waals surface area (Å²) in [5.41, 5.74) is 9.02. The van der Waals surface area contributed by atoms with Crippen molar-refractivity contribution in [3.05, 3.63) is 60.9 Å². The van der Waals surface area contributed by atoms with Crippen LogP contribution in [-0.2, 0) is 0 Å². The summed E-state index contributed by atoms with van der Waals surface area (Å²) in [4.78, 5) is 11.6. The monoisotopic (exact) mass is 467 g/mol. The second kappa shape index (κ2) is 8.32. The lowest BCUT2D eigenvalue weighted by molar-refractivity contribution is 0.163. The number of nitrogens with zero attached hydrogens (tertiary/aromatic N) is 5. The molecule has 2 aliphatic heterocycles. The number of benzene rings is 2. The van der Waals surface area contributed by atoms with Crippen molar-refractivity contribution in [3.63, 3.8) is 0 Å². The summed E-state index contributed by atoms with van der Waals surface area (Å²) in [5, 5.41) is 9.34. The van der Waals surface area contributed by atoms with E-state index in [1.165, 1.54) is 13.1 Å². The highest BCUT2D eigenvalue weighted by molar-refractivity contribution is 5.98. The summed E-state index contributed by atoms with van der Waals surface area (Å²) in [6.45, 7) is 4.70. The van der Waals surface area contributed by atoms with E-state index in [-0.39, 0.29) is 0 Å². The summed E-state index contributed by atoms with van der Waals surface area (Å²) in [6.07, 6.45) is 3.84. The van der Waals surface area contributed by atoms with Gasteiger partial charge in [0.1, 0.15) is 29.3 Å². The van der Waals surface area contributed by atoms with E-state index >= 15 is 0 Å². The minimum atomic E-state index is 0.345. The van der Waals surface area contributed by atoms with E-state index in [4.69, 9.17) is 15.6 Å². The molecule has 8 nitrogen and oxygen atoms in total. The third kappa shape index (κ3) is 3.64. The summed E-state index contributed by atoms with van der Waals surface area (Å²) in [5.74, 6) is 3.53. The number of nitrogens with one attached hydrogen (secondary N) is 1. The molecule has 7 rings (SSSR count). The maximum atomic E-state index is 6.36. The first kappa shape index (κ1) is 20.8. The minimum absolute atomic E-state index is 0.345. The Morgan fingerprint density at radius 2 is 1.57 bits per heavy atom. The molecule has 0 spiro atoms. The molecule has 0 bridgehead atoms. The van der Waals surface area contributed by atoms with Crippen molar-refractivity contribution in [1.82, 2.24) is 30.0 Å². The zero-order valence-corrected chi connectivity index (χ0v) is 19.5. The molecule has 3 N–H and O–H groups in total. The lowest BCUT2D eigenvalue weighted by Crippen LogP contribution is -2.56. The zero-order valence-electron chi connectivity index (χ0n) is 19.5. The molecule has 0 unspecified atom stereocenters. The number of hydrogen-bond donors (Lipinski definition) is 2. The maximum absolute atomic E-state index is 6.36. The fraction of sp³-hybridized carbons (Fsp3) is 0.370. The van der Waals surface area contributed by atoms with Gasteiger partial charge in [0.25, 0.3) is 0 Å². The number of nitrogen functional groups attached to an aromatic ring is 1. The first-order valence-electron chi connectivity index (χ1n) is 12.5. The summed E-state index contributed by atoms with van der Waals surface area (Å²) in [7, 11) is 0. The second-order valence-corrected chi connectivity index (χ2v) is 10.1. The van der Waals surface area contributed by atoms with Gasteiger partial charge in [-0.3, -0.25) is 4.90 Å². The highest BCUT2D eigenvalue weighted by Gasteiger charge is 2.44. The molecule has 3 fully saturated rings. The number of para-hydroxylation sites is 1. The van der Waals surface area contributed by atoms with E-state index in [1.54, 1.807) is 6.33 Å². The van der Waals surface area contributed by atoms with Crippen LogP contribution in [0.1, 0.15) is 18.9 Å². The molecule has 2 aromatic heterocycles. The molecule has 2 saturated heterocycles. The fourth-order valence-electron chi connectivity index (χ4n) is 6.09. The van der Waals surface area contributed by atoms with E-state index in [9.17, 15) is 0 Å². The van der Waals surface area contributed by atoms with Crippen LogP contribution in [0, 0.1) is 11.8 Å². The topological polar surface area (TPSA) is 94.1 Å². The molecular formula is C27H29N7O. The lowest BCUT2D eigenvalue weighted by Gasteiger charge is -2.36. The molecule has 0 radical (unpaired) electrons. The number of fused-ring (bicyclic) bond motifs is 2. The van der Waals surface area contributed by atoms with Crippen LogP contribution in [0.5, 0.6) is 11.5 Å². The average molecular weight is 468 g/mol. The Balaban J connectivity index is 1.17. The minimum Gasteiger partial charge on any atom is -0.457 e. The molecule has 4 heterocycles. The number of nitrogens with two attached hydrogens (primary N) is 1. The number of ether oxygens (including phenoxy) is 1. The van der Waals surface area contributed by atoms with E-state index in [0.717, 1.165) is 77.6 Å². The first-order valence-corrected chi connectivity index (χ1v) is 12.5. The Morgan fingerprint density at radius 3 is 2.26 bits per heavy atom.